The van der Waals surface area contributed by atoms with Crippen molar-refractivity contribution in [1.82, 2.24) is 5.32 Å². The molecule has 29 heavy (non-hydrogen) atoms. The van der Waals surface area contributed by atoms with E-state index in [1.54, 1.807) is 29.2 Å². The standard InChI is InChI=1S/C23H24N2O4/c26-21(24-20-11-4-7-16-6-1-2-10-19(16)20)15-29-23(28)17-8-3-9-18(14-17)25-13-5-12-22(25)27/h1-3,6,8-10,14,20H,4-5,7,11-13,15H2,(H,24,26). The van der Waals surface area contributed by atoms with Gasteiger partial charge in [0.05, 0.1) is 11.6 Å². The fourth-order valence-corrected chi connectivity index (χ4v) is 4.08. The van der Waals surface area contributed by atoms with Gasteiger partial charge in [-0.1, -0.05) is 30.3 Å². The lowest BCUT2D eigenvalue weighted by atomic mass is 9.88. The Balaban J connectivity index is 1.34. The number of nitrogens with one attached hydrogen (secondary N) is 1. The number of fused-ring (bicyclic) bond motifs is 1. The smallest absolute Gasteiger partial charge is 0.338 e. The topological polar surface area (TPSA) is 75.7 Å². The van der Waals surface area contributed by atoms with Crippen molar-refractivity contribution in [2.24, 2.45) is 0 Å². The molecule has 6 nitrogen and oxygen atoms in total. The lowest BCUT2D eigenvalue weighted by Gasteiger charge is -2.26. The molecule has 1 heterocycles. The van der Waals surface area contributed by atoms with Crippen molar-refractivity contribution in [2.45, 2.75) is 38.1 Å². The van der Waals surface area contributed by atoms with Gasteiger partial charge in [-0.15, -0.1) is 0 Å². The molecule has 1 aliphatic carbocycles. The number of aryl methyl sites for hydroxylation is 1. The number of carbonyl (C=O) groups is 3. The fourth-order valence-electron chi connectivity index (χ4n) is 4.08. The van der Waals surface area contributed by atoms with Crippen LogP contribution < -0.4 is 10.2 Å². The number of hydrogen-bond acceptors (Lipinski definition) is 4. The quantitative estimate of drug-likeness (QED) is 0.793. The minimum Gasteiger partial charge on any atom is -0.452 e. The third-order valence-electron chi connectivity index (χ3n) is 5.51. The number of anilines is 1. The van der Waals surface area contributed by atoms with Gasteiger partial charge in [0, 0.05) is 18.7 Å². The first-order valence-corrected chi connectivity index (χ1v) is 10.1. The van der Waals surface area contributed by atoms with Gasteiger partial charge in [0.15, 0.2) is 6.61 Å². The third kappa shape index (κ3) is 4.31. The zero-order valence-corrected chi connectivity index (χ0v) is 16.2. The Morgan fingerprint density at radius 2 is 1.93 bits per heavy atom. The van der Waals surface area contributed by atoms with Gasteiger partial charge in [0.25, 0.3) is 5.91 Å². The molecule has 0 bridgehead atoms. The van der Waals surface area contributed by atoms with Crippen LogP contribution in [0, 0.1) is 0 Å². The first-order chi connectivity index (χ1) is 14.1. The van der Waals surface area contributed by atoms with E-state index in [4.69, 9.17) is 4.74 Å². The Kier molecular flexibility index (Phi) is 5.60. The van der Waals surface area contributed by atoms with Crippen LogP contribution in [0.2, 0.25) is 0 Å². The first-order valence-electron chi connectivity index (χ1n) is 10.1. The van der Waals surface area contributed by atoms with Gasteiger partial charge in [0.2, 0.25) is 5.91 Å². The number of esters is 1. The Labute approximate surface area is 169 Å². The second-order valence-corrected chi connectivity index (χ2v) is 7.49. The number of amides is 2. The number of hydrogen-bond donors (Lipinski definition) is 1. The highest BCUT2D eigenvalue weighted by atomic mass is 16.5. The van der Waals surface area contributed by atoms with Crippen molar-refractivity contribution in [3.8, 4) is 0 Å². The van der Waals surface area contributed by atoms with Crippen LogP contribution in [0.1, 0.15) is 53.2 Å². The Morgan fingerprint density at radius 1 is 1.07 bits per heavy atom. The molecular formula is C23H24N2O4. The Hall–Kier alpha value is -3.15. The lowest BCUT2D eigenvalue weighted by Crippen LogP contribution is -2.34. The van der Waals surface area contributed by atoms with E-state index in [-0.39, 0.29) is 24.5 Å². The van der Waals surface area contributed by atoms with E-state index in [1.165, 1.54) is 5.56 Å². The summed E-state index contributed by atoms with van der Waals surface area (Å²) in [5, 5.41) is 2.97. The maximum absolute atomic E-state index is 12.4. The number of nitrogens with zero attached hydrogens (tertiary/aromatic N) is 1. The van der Waals surface area contributed by atoms with E-state index in [0.29, 0.717) is 24.2 Å². The molecule has 0 saturated carbocycles. The van der Waals surface area contributed by atoms with Gasteiger partial charge < -0.3 is 15.0 Å². The summed E-state index contributed by atoms with van der Waals surface area (Å²) in [7, 11) is 0. The summed E-state index contributed by atoms with van der Waals surface area (Å²) in [6, 6.07) is 14.8. The van der Waals surface area contributed by atoms with Crippen LogP contribution >= 0.6 is 0 Å². The van der Waals surface area contributed by atoms with Crippen molar-refractivity contribution in [3.05, 3.63) is 65.2 Å². The van der Waals surface area contributed by atoms with Crippen LogP contribution in [0.4, 0.5) is 5.69 Å². The number of benzene rings is 2. The highest BCUT2D eigenvalue weighted by Gasteiger charge is 2.24. The summed E-state index contributed by atoms with van der Waals surface area (Å²) >= 11 is 0. The summed E-state index contributed by atoms with van der Waals surface area (Å²) in [5.74, 6) is -0.828. The lowest BCUT2D eigenvalue weighted by molar-refractivity contribution is -0.125. The van der Waals surface area contributed by atoms with Crippen LogP contribution in [-0.2, 0) is 20.7 Å². The first kappa shape index (κ1) is 19.2. The van der Waals surface area contributed by atoms with E-state index in [2.05, 4.69) is 11.4 Å². The van der Waals surface area contributed by atoms with E-state index in [1.807, 2.05) is 18.2 Å². The molecule has 0 radical (unpaired) electrons. The van der Waals surface area contributed by atoms with Crippen LogP contribution in [0.5, 0.6) is 0 Å². The molecule has 150 valence electrons. The molecule has 1 aliphatic heterocycles. The van der Waals surface area contributed by atoms with E-state index >= 15 is 0 Å². The van der Waals surface area contributed by atoms with Gasteiger partial charge in [-0.05, 0) is 55.0 Å². The summed E-state index contributed by atoms with van der Waals surface area (Å²) < 4.78 is 5.21. The van der Waals surface area contributed by atoms with Crippen LogP contribution in [-0.4, -0.2) is 30.9 Å². The van der Waals surface area contributed by atoms with Gasteiger partial charge >= 0.3 is 5.97 Å². The average Bonchev–Trinajstić information content (AvgIpc) is 3.18. The van der Waals surface area contributed by atoms with Crippen molar-refractivity contribution in [2.75, 3.05) is 18.1 Å². The fraction of sp³-hybridized carbons (Fsp3) is 0.348. The van der Waals surface area contributed by atoms with Crippen molar-refractivity contribution >= 4 is 23.5 Å². The molecule has 1 N–H and O–H groups in total. The molecule has 4 rings (SSSR count). The molecule has 2 aromatic rings. The van der Waals surface area contributed by atoms with Gasteiger partial charge in [-0.3, -0.25) is 9.59 Å². The van der Waals surface area contributed by atoms with Crippen molar-refractivity contribution < 1.29 is 19.1 Å². The maximum atomic E-state index is 12.4. The summed E-state index contributed by atoms with van der Waals surface area (Å²) in [6.07, 6.45) is 4.26. The molecule has 1 unspecified atom stereocenters. The molecule has 0 spiro atoms. The Morgan fingerprint density at radius 3 is 2.76 bits per heavy atom. The predicted molar refractivity (Wildman–Crippen MR) is 109 cm³/mol. The van der Waals surface area contributed by atoms with E-state index in [9.17, 15) is 14.4 Å². The molecule has 6 heteroatoms. The summed E-state index contributed by atoms with van der Waals surface area (Å²) in [5.41, 5.74) is 3.42. The highest BCUT2D eigenvalue weighted by molar-refractivity contribution is 5.97. The van der Waals surface area contributed by atoms with Crippen molar-refractivity contribution in [1.29, 1.82) is 0 Å². The zero-order valence-electron chi connectivity index (χ0n) is 16.2. The molecule has 1 fully saturated rings. The second-order valence-electron chi connectivity index (χ2n) is 7.49. The normalized spacial score (nSPS) is 18.3. The zero-order chi connectivity index (χ0) is 20.2. The molecule has 2 amide bonds. The highest BCUT2D eigenvalue weighted by Crippen LogP contribution is 2.29. The summed E-state index contributed by atoms with van der Waals surface area (Å²) in [6.45, 7) is 0.326. The monoisotopic (exact) mass is 392 g/mol. The van der Waals surface area contributed by atoms with Crippen LogP contribution in [0.25, 0.3) is 0 Å². The van der Waals surface area contributed by atoms with Crippen molar-refractivity contribution in [3.63, 3.8) is 0 Å². The van der Waals surface area contributed by atoms with Crippen LogP contribution in [0.3, 0.4) is 0 Å². The minimum absolute atomic E-state index is 0.0457. The Bertz CT molecular complexity index is 940. The van der Waals surface area contributed by atoms with Gasteiger partial charge in [-0.25, -0.2) is 4.79 Å². The molecule has 1 atom stereocenters. The summed E-state index contributed by atoms with van der Waals surface area (Å²) in [4.78, 5) is 38.3. The van der Waals surface area contributed by atoms with E-state index < -0.39 is 5.97 Å². The van der Waals surface area contributed by atoms with Gasteiger partial charge in [-0.2, -0.15) is 0 Å². The number of carbonyl (C=O) groups excluding carboxylic acids is 3. The number of ether oxygens (including phenoxy) is 1. The SMILES string of the molecule is O=C(COC(=O)c1cccc(N2CCCC2=O)c1)NC1CCCc2ccccc21. The van der Waals surface area contributed by atoms with E-state index in [0.717, 1.165) is 31.2 Å². The largest absolute Gasteiger partial charge is 0.452 e. The predicted octanol–water partition coefficient (Wildman–Crippen LogP) is 3.16. The number of rotatable bonds is 5. The van der Waals surface area contributed by atoms with Gasteiger partial charge in [0.1, 0.15) is 0 Å². The molecular weight excluding hydrogens is 368 g/mol. The minimum atomic E-state index is -0.572. The molecule has 2 aliphatic rings. The molecule has 2 aromatic carbocycles. The maximum Gasteiger partial charge on any atom is 0.338 e. The van der Waals surface area contributed by atoms with Crippen LogP contribution in [0.15, 0.2) is 48.5 Å². The molecule has 0 aromatic heterocycles. The average molecular weight is 392 g/mol. The second kappa shape index (κ2) is 8.47. The third-order valence-corrected chi connectivity index (χ3v) is 5.51. The molecule has 1 saturated heterocycles.